The van der Waals surface area contributed by atoms with Gasteiger partial charge in [0.05, 0.1) is 19.3 Å². The SMILES string of the molecule is OCCN(CC(O)c1ccccc1)CC(F)(F)F. The number of hydrogen-bond acceptors (Lipinski definition) is 3. The Morgan fingerprint density at radius 2 is 1.78 bits per heavy atom. The summed E-state index contributed by atoms with van der Waals surface area (Å²) in [5, 5.41) is 18.6. The molecule has 1 unspecified atom stereocenters. The third-order valence-corrected chi connectivity index (χ3v) is 2.43. The molecule has 2 N–H and O–H groups in total. The smallest absolute Gasteiger partial charge is 0.395 e. The second-order valence-electron chi connectivity index (χ2n) is 4.00. The highest BCUT2D eigenvalue weighted by atomic mass is 19.4. The number of halogens is 3. The number of aliphatic hydroxyl groups excluding tert-OH is 2. The Morgan fingerprint density at radius 1 is 1.17 bits per heavy atom. The predicted octanol–water partition coefficient (Wildman–Crippen LogP) is 1.58. The molecule has 0 saturated heterocycles. The Morgan fingerprint density at radius 3 is 2.28 bits per heavy atom. The molecular weight excluding hydrogens is 247 g/mol. The van der Waals surface area contributed by atoms with Crippen LogP contribution in [0.4, 0.5) is 13.2 Å². The molecule has 6 heteroatoms. The standard InChI is InChI=1S/C12H16F3NO2/c13-12(14,15)9-16(6-7-17)8-11(18)10-4-2-1-3-5-10/h1-5,11,17-18H,6-9H2. The maximum absolute atomic E-state index is 12.3. The van der Waals surface area contributed by atoms with E-state index in [1.165, 1.54) is 0 Å². The van der Waals surface area contributed by atoms with Crippen LogP contribution in [0, 0.1) is 0 Å². The summed E-state index contributed by atoms with van der Waals surface area (Å²) in [6.07, 6.45) is -5.34. The highest BCUT2D eigenvalue weighted by Crippen LogP contribution is 2.19. The predicted molar refractivity (Wildman–Crippen MR) is 61.0 cm³/mol. The first-order valence-electron chi connectivity index (χ1n) is 5.55. The molecule has 102 valence electrons. The maximum Gasteiger partial charge on any atom is 0.401 e. The van der Waals surface area contributed by atoms with Gasteiger partial charge in [-0.3, -0.25) is 4.90 Å². The summed E-state index contributed by atoms with van der Waals surface area (Å²) >= 11 is 0. The van der Waals surface area contributed by atoms with E-state index in [1.807, 2.05) is 0 Å². The Kier molecular flexibility index (Phi) is 5.58. The summed E-state index contributed by atoms with van der Waals surface area (Å²) in [5.41, 5.74) is 0.558. The molecule has 0 heterocycles. The number of aliphatic hydroxyl groups is 2. The summed E-state index contributed by atoms with van der Waals surface area (Å²) in [7, 11) is 0. The maximum atomic E-state index is 12.3. The third kappa shape index (κ3) is 5.48. The zero-order chi connectivity index (χ0) is 13.6. The van der Waals surface area contributed by atoms with Gasteiger partial charge in [0.15, 0.2) is 0 Å². The Labute approximate surface area is 103 Å². The molecule has 1 aromatic rings. The van der Waals surface area contributed by atoms with Crippen molar-refractivity contribution in [1.29, 1.82) is 0 Å². The molecule has 1 rings (SSSR count). The van der Waals surface area contributed by atoms with Crippen molar-refractivity contribution in [2.75, 3.05) is 26.2 Å². The summed E-state index contributed by atoms with van der Waals surface area (Å²) < 4.78 is 36.8. The molecule has 0 aliphatic carbocycles. The van der Waals surface area contributed by atoms with Crippen LogP contribution in [-0.4, -0.2) is 47.5 Å². The number of nitrogens with zero attached hydrogens (tertiary/aromatic N) is 1. The van der Waals surface area contributed by atoms with Crippen molar-refractivity contribution in [2.45, 2.75) is 12.3 Å². The summed E-state index contributed by atoms with van der Waals surface area (Å²) in [4.78, 5) is 0.984. The van der Waals surface area contributed by atoms with Crippen LogP contribution in [0.5, 0.6) is 0 Å². The van der Waals surface area contributed by atoms with Crippen LogP contribution in [0.25, 0.3) is 0 Å². The highest BCUT2D eigenvalue weighted by molar-refractivity contribution is 5.17. The van der Waals surface area contributed by atoms with Crippen LogP contribution in [-0.2, 0) is 0 Å². The van der Waals surface area contributed by atoms with Gasteiger partial charge in [-0.2, -0.15) is 13.2 Å². The number of alkyl halides is 3. The summed E-state index contributed by atoms with van der Waals surface area (Å²) in [6, 6.07) is 8.47. The van der Waals surface area contributed by atoms with Crippen molar-refractivity contribution in [3.05, 3.63) is 35.9 Å². The lowest BCUT2D eigenvalue weighted by atomic mass is 10.1. The van der Waals surface area contributed by atoms with Gasteiger partial charge in [0.1, 0.15) is 0 Å². The van der Waals surface area contributed by atoms with E-state index in [0.717, 1.165) is 4.90 Å². The highest BCUT2D eigenvalue weighted by Gasteiger charge is 2.31. The lowest BCUT2D eigenvalue weighted by molar-refractivity contribution is -0.149. The second kappa shape index (κ2) is 6.72. The van der Waals surface area contributed by atoms with E-state index >= 15 is 0 Å². The largest absolute Gasteiger partial charge is 0.401 e. The second-order valence-corrected chi connectivity index (χ2v) is 4.00. The lowest BCUT2D eigenvalue weighted by Crippen LogP contribution is -2.38. The first-order chi connectivity index (χ1) is 8.42. The Hall–Kier alpha value is -1.11. The van der Waals surface area contributed by atoms with Gasteiger partial charge in [0.25, 0.3) is 0 Å². The molecule has 0 aliphatic rings. The van der Waals surface area contributed by atoms with Crippen LogP contribution in [0.15, 0.2) is 30.3 Å². The van der Waals surface area contributed by atoms with Gasteiger partial charge in [0.2, 0.25) is 0 Å². The fourth-order valence-corrected chi connectivity index (χ4v) is 1.66. The molecule has 0 aromatic heterocycles. The van der Waals surface area contributed by atoms with E-state index in [1.54, 1.807) is 30.3 Å². The van der Waals surface area contributed by atoms with Crippen molar-refractivity contribution in [3.8, 4) is 0 Å². The quantitative estimate of drug-likeness (QED) is 0.819. The Bertz CT molecular complexity index is 343. The normalized spacial score (nSPS) is 13.9. The fraction of sp³-hybridized carbons (Fsp3) is 0.500. The van der Waals surface area contributed by atoms with Gasteiger partial charge in [-0.05, 0) is 5.56 Å². The Balaban J connectivity index is 2.60. The molecule has 0 saturated carbocycles. The van der Waals surface area contributed by atoms with Gasteiger partial charge >= 0.3 is 6.18 Å². The van der Waals surface area contributed by atoms with Crippen molar-refractivity contribution in [1.82, 2.24) is 4.90 Å². The minimum absolute atomic E-state index is 0.122. The molecule has 18 heavy (non-hydrogen) atoms. The molecule has 0 aliphatic heterocycles. The molecule has 1 aromatic carbocycles. The number of benzene rings is 1. The molecule has 0 bridgehead atoms. The van der Waals surface area contributed by atoms with Gasteiger partial charge in [0, 0.05) is 13.1 Å². The van der Waals surface area contributed by atoms with Gasteiger partial charge in [-0.25, -0.2) is 0 Å². The van der Waals surface area contributed by atoms with E-state index in [2.05, 4.69) is 0 Å². The zero-order valence-electron chi connectivity index (χ0n) is 9.77. The van der Waals surface area contributed by atoms with E-state index < -0.39 is 18.8 Å². The van der Waals surface area contributed by atoms with Crippen molar-refractivity contribution in [2.24, 2.45) is 0 Å². The van der Waals surface area contributed by atoms with Crippen LogP contribution >= 0.6 is 0 Å². The van der Waals surface area contributed by atoms with Gasteiger partial charge < -0.3 is 10.2 Å². The minimum Gasteiger partial charge on any atom is -0.395 e. The molecule has 0 fully saturated rings. The van der Waals surface area contributed by atoms with Crippen molar-refractivity contribution in [3.63, 3.8) is 0 Å². The summed E-state index contributed by atoms with van der Waals surface area (Å²) in [6.45, 7) is -1.80. The van der Waals surface area contributed by atoms with Gasteiger partial charge in [-0.15, -0.1) is 0 Å². The average molecular weight is 263 g/mol. The van der Waals surface area contributed by atoms with E-state index in [9.17, 15) is 18.3 Å². The number of hydrogen-bond donors (Lipinski definition) is 2. The fourth-order valence-electron chi connectivity index (χ4n) is 1.66. The topological polar surface area (TPSA) is 43.7 Å². The van der Waals surface area contributed by atoms with Crippen LogP contribution < -0.4 is 0 Å². The minimum atomic E-state index is -4.34. The van der Waals surface area contributed by atoms with Gasteiger partial charge in [-0.1, -0.05) is 30.3 Å². The number of rotatable bonds is 6. The first kappa shape index (κ1) is 14.9. The lowest BCUT2D eigenvalue weighted by Gasteiger charge is -2.25. The van der Waals surface area contributed by atoms with E-state index in [-0.39, 0.29) is 19.7 Å². The molecule has 0 radical (unpaired) electrons. The van der Waals surface area contributed by atoms with Crippen molar-refractivity contribution < 1.29 is 23.4 Å². The van der Waals surface area contributed by atoms with E-state index in [0.29, 0.717) is 5.56 Å². The first-order valence-corrected chi connectivity index (χ1v) is 5.55. The zero-order valence-corrected chi connectivity index (χ0v) is 9.77. The molecular formula is C12H16F3NO2. The van der Waals surface area contributed by atoms with E-state index in [4.69, 9.17) is 5.11 Å². The molecule has 0 spiro atoms. The third-order valence-electron chi connectivity index (χ3n) is 2.43. The van der Waals surface area contributed by atoms with Crippen LogP contribution in [0.1, 0.15) is 11.7 Å². The van der Waals surface area contributed by atoms with Crippen molar-refractivity contribution >= 4 is 0 Å². The van der Waals surface area contributed by atoms with Crippen LogP contribution in [0.2, 0.25) is 0 Å². The van der Waals surface area contributed by atoms with Crippen LogP contribution in [0.3, 0.4) is 0 Å². The molecule has 1 atom stereocenters. The monoisotopic (exact) mass is 263 g/mol. The molecule has 3 nitrogen and oxygen atoms in total. The molecule has 0 amide bonds. The summed E-state index contributed by atoms with van der Waals surface area (Å²) in [5.74, 6) is 0. The average Bonchev–Trinajstić information content (AvgIpc) is 2.28.